The summed E-state index contributed by atoms with van der Waals surface area (Å²) < 4.78 is 15.5. The van der Waals surface area contributed by atoms with Crippen molar-refractivity contribution in [3.8, 4) is 17.2 Å². The Morgan fingerprint density at radius 2 is 1.48 bits per heavy atom. The molecular weight excluding hydrogens is 313 g/mol. The number of hydrogen-bond acceptors (Lipinski definition) is 5. The molecule has 2 rings (SSSR count). The number of hydrogen-bond donors (Lipinski definition) is 0. The van der Waals surface area contributed by atoms with Crippen LogP contribution in [-0.2, 0) is 0 Å². The topological polar surface area (TPSA) is 63.1 Å². The average molecular weight is 333 g/mol. The predicted molar refractivity (Wildman–Crippen MR) is 93.3 cm³/mol. The van der Waals surface area contributed by atoms with Gasteiger partial charge in [0.25, 0.3) is 0 Å². The summed E-state index contributed by atoms with van der Waals surface area (Å²) >= 11 is 0. The molecule has 6 heteroatoms. The van der Waals surface area contributed by atoms with Crippen LogP contribution in [0.4, 0.5) is 5.69 Å². The fourth-order valence-electron chi connectivity index (χ4n) is 2.07. The van der Waals surface area contributed by atoms with Gasteiger partial charge in [0.15, 0.2) is 0 Å². The van der Waals surface area contributed by atoms with Crippen molar-refractivity contribution < 1.29 is 38.2 Å². The molecule has 126 valence electrons. The first kappa shape index (κ1) is 20.7. The molecule has 5 nitrogen and oxygen atoms in total. The maximum absolute atomic E-state index is 11.9. The van der Waals surface area contributed by atoms with Crippen molar-refractivity contribution in [2.75, 3.05) is 21.3 Å². The molecule has 0 atom stereocenters. The Labute approximate surface area is 160 Å². The van der Waals surface area contributed by atoms with E-state index in [1.807, 2.05) is 18.2 Å². The molecule has 0 amide bonds. The van der Waals surface area contributed by atoms with Crippen molar-refractivity contribution in [2.45, 2.75) is 6.42 Å². The Bertz CT molecular complexity index is 704. The van der Waals surface area contributed by atoms with Crippen molar-refractivity contribution in [2.24, 2.45) is 4.99 Å². The van der Waals surface area contributed by atoms with Crippen molar-refractivity contribution >= 4 is 17.7 Å². The summed E-state index contributed by atoms with van der Waals surface area (Å²) in [6.07, 6.45) is 3.82. The van der Waals surface area contributed by atoms with E-state index in [1.54, 1.807) is 57.7 Å². The quantitative estimate of drug-likeness (QED) is 0.413. The molecule has 0 radical (unpaired) electrons. The van der Waals surface area contributed by atoms with Crippen LogP contribution in [-0.4, -0.2) is 27.2 Å². The van der Waals surface area contributed by atoms with Crippen LogP contribution >= 0.6 is 0 Å². The number of rotatable bonds is 7. The molecule has 0 saturated carbocycles. The van der Waals surface area contributed by atoms with Gasteiger partial charge >= 0.3 is 18.9 Å². The first-order chi connectivity index (χ1) is 11.6. The largest absolute Gasteiger partial charge is 1.00 e. The molecule has 2 aromatic carbocycles. The van der Waals surface area contributed by atoms with Crippen LogP contribution in [0.5, 0.6) is 17.2 Å². The first-order valence-corrected chi connectivity index (χ1v) is 7.43. The Balaban J connectivity index is 0.00000312. The standard InChI is InChI=1S/C19H21NO4.Li/c1-22-16-9-7-15(8-10-16)20-19(21)6-4-5-14-11-17(23-2)13-18(12-14)24-3;/h4-5,7-13H,6H2,1-3H3,(H,20,21);/q;+1/p-1/b5-4+;. The van der Waals surface area contributed by atoms with Gasteiger partial charge in [0.05, 0.1) is 27.0 Å². The van der Waals surface area contributed by atoms with E-state index in [1.165, 1.54) is 0 Å². The van der Waals surface area contributed by atoms with Gasteiger partial charge < -0.3 is 19.3 Å². The van der Waals surface area contributed by atoms with Crippen LogP contribution in [0.3, 0.4) is 0 Å². The summed E-state index contributed by atoms with van der Waals surface area (Å²) in [5.74, 6) is 1.91. The van der Waals surface area contributed by atoms with Crippen molar-refractivity contribution in [1.29, 1.82) is 0 Å². The zero-order valence-electron chi connectivity index (χ0n) is 15.0. The molecule has 0 unspecified atom stereocenters. The Morgan fingerprint density at radius 1 is 0.920 bits per heavy atom. The van der Waals surface area contributed by atoms with E-state index in [2.05, 4.69) is 4.99 Å². The molecule has 0 spiro atoms. The minimum absolute atomic E-state index is 0. The fraction of sp³-hybridized carbons (Fsp3) is 0.211. The van der Waals surface area contributed by atoms with Gasteiger partial charge in [-0.1, -0.05) is 12.2 Å². The normalized spacial score (nSPS) is 11.1. The van der Waals surface area contributed by atoms with Gasteiger partial charge in [0.1, 0.15) is 17.2 Å². The second-order valence-corrected chi connectivity index (χ2v) is 4.96. The number of ether oxygens (including phenoxy) is 3. The summed E-state index contributed by atoms with van der Waals surface area (Å²) in [7, 11) is 4.79. The summed E-state index contributed by atoms with van der Waals surface area (Å²) in [5.41, 5.74) is 1.50. The molecule has 0 aliphatic carbocycles. The Morgan fingerprint density at radius 3 is 2.00 bits per heavy atom. The molecule has 0 heterocycles. The zero-order chi connectivity index (χ0) is 17.4. The fourth-order valence-corrected chi connectivity index (χ4v) is 2.07. The van der Waals surface area contributed by atoms with E-state index in [4.69, 9.17) is 14.2 Å². The SMILES string of the molecule is COc1ccc(N=C([O-])C/C=C/c2cc(OC)cc(OC)c2)cc1.[Li+]. The molecule has 0 bridgehead atoms. The molecule has 0 saturated heterocycles. The molecule has 0 aliphatic heterocycles. The Kier molecular flexibility index (Phi) is 8.69. The van der Waals surface area contributed by atoms with E-state index in [9.17, 15) is 5.11 Å². The number of nitrogens with zero attached hydrogens (tertiary/aromatic N) is 1. The molecule has 0 N–H and O–H groups in total. The van der Waals surface area contributed by atoms with Gasteiger partial charge in [-0.15, -0.1) is 0 Å². The van der Waals surface area contributed by atoms with E-state index in [-0.39, 0.29) is 31.2 Å². The number of aliphatic imine (C=N–C) groups is 1. The van der Waals surface area contributed by atoms with Gasteiger partial charge in [-0.2, -0.15) is 0 Å². The van der Waals surface area contributed by atoms with Gasteiger partial charge in [0.2, 0.25) is 0 Å². The summed E-state index contributed by atoms with van der Waals surface area (Å²) in [6.45, 7) is 0. The third-order valence-corrected chi connectivity index (χ3v) is 3.30. The molecule has 0 fully saturated rings. The average Bonchev–Trinajstić information content (AvgIpc) is 2.62. The van der Waals surface area contributed by atoms with E-state index in [0.717, 1.165) is 11.3 Å². The van der Waals surface area contributed by atoms with Gasteiger partial charge in [-0.3, -0.25) is 4.99 Å². The monoisotopic (exact) mass is 333 g/mol. The van der Waals surface area contributed by atoms with E-state index < -0.39 is 0 Å². The molecule has 0 aromatic heterocycles. The van der Waals surface area contributed by atoms with Gasteiger partial charge in [-0.05, 0) is 54.3 Å². The van der Waals surface area contributed by atoms with Crippen LogP contribution in [0.2, 0.25) is 0 Å². The van der Waals surface area contributed by atoms with Gasteiger partial charge in [0, 0.05) is 6.07 Å². The van der Waals surface area contributed by atoms with Crippen LogP contribution in [0.15, 0.2) is 53.5 Å². The minimum atomic E-state index is -0.216. The van der Waals surface area contributed by atoms with Crippen molar-refractivity contribution in [1.82, 2.24) is 0 Å². The molecule has 2 aromatic rings. The summed E-state index contributed by atoms with van der Waals surface area (Å²) in [5, 5.41) is 11.9. The zero-order valence-corrected chi connectivity index (χ0v) is 15.0. The number of benzene rings is 2. The van der Waals surface area contributed by atoms with E-state index >= 15 is 0 Å². The third-order valence-electron chi connectivity index (χ3n) is 3.30. The van der Waals surface area contributed by atoms with E-state index in [0.29, 0.717) is 17.2 Å². The first-order valence-electron chi connectivity index (χ1n) is 7.43. The molecule has 0 aliphatic rings. The molecule has 25 heavy (non-hydrogen) atoms. The predicted octanol–water partition coefficient (Wildman–Crippen LogP) is 0.210. The third kappa shape index (κ3) is 6.58. The van der Waals surface area contributed by atoms with Crippen LogP contribution in [0.25, 0.3) is 6.08 Å². The van der Waals surface area contributed by atoms with Crippen LogP contribution in [0.1, 0.15) is 12.0 Å². The maximum atomic E-state index is 11.9. The van der Waals surface area contributed by atoms with Crippen LogP contribution in [0, 0.1) is 0 Å². The number of methoxy groups -OCH3 is 3. The molecular formula is C19H20LiNO4. The van der Waals surface area contributed by atoms with Crippen molar-refractivity contribution in [3.05, 3.63) is 54.1 Å². The van der Waals surface area contributed by atoms with Crippen LogP contribution < -0.4 is 38.2 Å². The summed E-state index contributed by atoms with van der Waals surface area (Å²) in [4.78, 5) is 4.04. The Hall–Kier alpha value is -2.35. The second-order valence-electron chi connectivity index (χ2n) is 4.96. The van der Waals surface area contributed by atoms with Gasteiger partial charge in [-0.25, -0.2) is 0 Å². The minimum Gasteiger partial charge on any atom is -0.861 e. The van der Waals surface area contributed by atoms with Crippen molar-refractivity contribution in [3.63, 3.8) is 0 Å². The second kappa shape index (κ2) is 10.5. The summed E-state index contributed by atoms with van der Waals surface area (Å²) in [6, 6.07) is 12.5. The smallest absolute Gasteiger partial charge is 0.861 e. The maximum Gasteiger partial charge on any atom is 1.00 e.